The lowest BCUT2D eigenvalue weighted by Crippen LogP contribution is -2.26. The highest BCUT2D eigenvalue weighted by Crippen LogP contribution is 2.29. The molecule has 1 aliphatic carbocycles. The predicted molar refractivity (Wildman–Crippen MR) is 86.2 cm³/mol. The molecule has 1 fully saturated rings. The lowest BCUT2D eigenvalue weighted by Gasteiger charge is -2.28. The van der Waals surface area contributed by atoms with Gasteiger partial charge in [0, 0.05) is 18.3 Å². The fraction of sp³-hybridized carbons (Fsp3) is 0.824. The molecule has 3 heteroatoms. The zero-order valence-electron chi connectivity index (χ0n) is 13.7. The summed E-state index contributed by atoms with van der Waals surface area (Å²) < 4.78 is 2.38. The van der Waals surface area contributed by atoms with E-state index in [0.717, 1.165) is 17.6 Å². The zero-order chi connectivity index (χ0) is 14.5. The van der Waals surface area contributed by atoms with Crippen molar-refractivity contribution in [3.8, 4) is 0 Å². The van der Waals surface area contributed by atoms with Crippen LogP contribution in [0.25, 0.3) is 0 Å². The van der Waals surface area contributed by atoms with E-state index in [1.54, 1.807) is 0 Å². The average Bonchev–Trinajstić information content (AvgIpc) is 2.82. The Balaban J connectivity index is 2.12. The smallest absolute Gasteiger partial charge is 0.203 e. The van der Waals surface area contributed by atoms with Crippen LogP contribution in [0.2, 0.25) is 0 Å². The predicted octanol–water partition coefficient (Wildman–Crippen LogP) is 4.93. The highest BCUT2D eigenvalue weighted by atomic mass is 15.2. The SMILES string of the molecule is CCC(CC)C(C)n1cc(C)nc1NC1CCCCC1. The van der Waals surface area contributed by atoms with Gasteiger partial charge in [0.15, 0.2) is 0 Å². The standard InChI is InChI=1S/C17H31N3/c1-5-15(6-2)14(4)20-12-13(3)18-17(20)19-16-10-8-7-9-11-16/h12,14-16H,5-11H2,1-4H3,(H,18,19). The molecule has 1 heterocycles. The Morgan fingerprint density at radius 1 is 1.25 bits per heavy atom. The van der Waals surface area contributed by atoms with Gasteiger partial charge in [-0.05, 0) is 32.6 Å². The molecule has 114 valence electrons. The van der Waals surface area contributed by atoms with Crippen LogP contribution >= 0.6 is 0 Å². The molecule has 0 radical (unpaired) electrons. The summed E-state index contributed by atoms with van der Waals surface area (Å²) in [6.45, 7) is 9.03. The minimum Gasteiger partial charge on any atom is -0.353 e. The van der Waals surface area contributed by atoms with Crippen LogP contribution in [0.4, 0.5) is 5.95 Å². The second-order valence-electron chi connectivity index (χ2n) is 6.41. The Hall–Kier alpha value is -0.990. The van der Waals surface area contributed by atoms with Gasteiger partial charge in [-0.3, -0.25) is 0 Å². The fourth-order valence-electron chi connectivity index (χ4n) is 3.56. The fourth-order valence-corrected chi connectivity index (χ4v) is 3.56. The monoisotopic (exact) mass is 277 g/mol. The molecule has 1 saturated carbocycles. The minimum absolute atomic E-state index is 0.525. The first-order chi connectivity index (χ1) is 9.65. The van der Waals surface area contributed by atoms with Gasteiger partial charge >= 0.3 is 0 Å². The number of nitrogens with zero attached hydrogens (tertiary/aromatic N) is 2. The molecular weight excluding hydrogens is 246 g/mol. The number of anilines is 1. The van der Waals surface area contributed by atoms with Gasteiger partial charge in [-0.25, -0.2) is 4.98 Å². The van der Waals surface area contributed by atoms with Crippen LogP contribution in [0.5, 0.6) is 0 Å². The Bertz CT molecular complexity index is 400. The molecule has 0 saturated heterocycles. The molecule has 2 rings (SSSR count). The zero-order valence-corrected chi connectivity index (χ0v) is 13.7. The van der Waals surface area contributed by atoms with Crippen molar-refractivity contribution < 1.29 is 0 Å². The maximum atomic E-state index is 4.73. The number of rotatable bonds is 6. The highest BCUT2D eigenvalue weighted by molar-refractivity contribution is 5.31. The Labute approximate surface area is 124 Å². The number of aromatic nitrogens is 2. The van der Waals surface area contributed by atoms with Crippen molar-refractivity contribution in [1.29, 1.82) is 0 Å². The second-order valence-corrected chi connectivity index (χ2v) is 6.41. The van der Waals surface area contributed by atoms with E-state index in [4.69, 9.17) is 4.98 Å². The molecule has 0 bridgehead atoms. The van der Waals surface area contributed by atoms with Crippen molar-refractivity contribution in [2.45, 2.75) is 84.7 Å². The molecule has 1 aliphatic rings. The number of hydrogen-bond acceptors (Lipinski definition) is 2. The van der Waals surface area contributed by atoms with Crippen molar-refractivity contribution in [2.75, 3.05) is 5.32 Å². The summed E-state index contributed by atoms with van der Waals surface area (Å²) >= 11 is 0. The maximum Gasteiger partial charge on any atom is 0.203 e. The molecular formula is C17H31N3. The summed E-state index contributed by atoms with van der Waals surface area (Å²) in [5.74, 6) is 1.82. The third-order valence-corrected chi connectivity index (χ3v) is 4.96. The Morgan fingerprint density at radius 3 is 2.50 bits per heavy atom. The van der Waals surface area contributed by atoms with Crippen LogP contribution in [0.3, 0.4) is 0 Å². The highest BCUT2D eigenvalue weighted by Gasteiger charge is 2.21. The van der Waals surface area contributed by atoms with Crippen molar-refractivity contribution in [2.24, 2.45) is 5.92 Å². The van der Waals surface area contributed by atoms with Gasteiger partial charge in [0.1, 0.15) is 0 Å². The first kappa shape index (κ1) is 15.4. The summed E-state index contributed by atoms with van der Waals surface area (Å²) in [5, 5.41) is 3.71. The summed E-state index contributed by atoms with van der Waals surface area (Å²) in [6, 6.07) is 1.15. The lowest BCUT2D eigenvalue weighted by atomic mass is 9.95. The third kappa shape index (κ3) is 3.56. The summed E-state index contributed by atoms with van der Waals surface area (Å²) in [4.78, 5) is 4.73. The van der Waals surface area contributed by atoms with Crippen LogP contribution in [-0.4, -0.2) is 15.6 Å². The largest absolute Gasteiger partial charge is 0.353 e. The number of hydrogen-bond donors (Lipinski definition) is 1. The van der Waals surface area contributed by atoms with E-state index < -0.39 is 0 Å². The Kier molecular flexibility index (Phi) is 5.50. The van der Waals surface area contributed by atoms with Gasteiger partial charge < -0.3 is 9.88 Å². The van der Waals surface area contributed by atoms with Gasteiger partial charge in [0.2, 0.25) is 5.95 Å². The molecule has 0 aliphatic heterocycles. The number of imidazole rings is 1. The van der Waals surface area contributed by atoms with Gasteiger partial charge in [0.25, 0.3) is 0 Å². The summed E-state index contributed by atoms with van der Waals surface area (Å²) in [7, 11) is 0. The van der Waals surface area contributed by atoms with Crippen LogP contribution in [-0.2, 0) is 0 Å². The van der Waals surface area contributed by atoms with E-state index in [1.807, 2.05) is 0 Å². The molecule has 0 aromatic carbocycles. The first-order valence-corrected chi connectivity index (χ1v) is 8.47. The maximum absolute atomic E-state index is 4.73. The van der Waals surface area contributed by atoms with E-state index in [0.29, 0.717) is 12.1 Å². The van der Waals surface area contributed by atoms with Crippen LogP contribution in [0, 0.1) is 12.8 Å². The van der Waals surface area contributed by atoms with E-state index in [-0.39, 0.29) is 0 Å². The molecule has 1 aromatic rings. The lowest BCUT2D eigenvalue weighted by molar-refractivity contribution is 0.334. The Morgan fingerprint density at radius 2 is 1.90 bits per heavy atom. The number of nitrogens with one attached hydrogen (secondary N) is 1. The molecule has 0 spiro atoms. The molecule has 3 nitrogen and oxygen atoms in total. The summed E-state index contributed by atoms with van der Waals surface area (Å²) in [5.41, 5.74) is 1.13. The van der Waals surface area contributed by atoms with Crippen molar-refractivity contribution in [1.82, 2.24) is 9.55 Å². The molecule has 1 aromatic heterocycles. The number of aryl methyl sites for hydroxylation is 1. The van der Waals surface area contributed by atoms with Gasteiger partial charge in [-0.2, -0.15) is 0 Å². The normalized spacial score (nSPS) is 18.4. The van der Waals surface area contributed by atoms with Gasteiger partial charge in [-0.1, -0.05) is 46.0 Å². The quantitative estimate of drug-likeness (QED) is 0.798. The van der Waals surface area contributed by atoms with Crippen LogP contribution in [0.1, 0.15) is 77.5 Å². The summed E-state index contributed by atoms with van der Waals surface area (Å²) in [6.07, 6.45) is 11.4. The van der Waals surface area contributed by atoms with Crippen LogP contribution < -0.4 is 5.32 Å². The van der Waals surface area contributed by atoms with Gasteiger partial charge in [0.05, 0.1) is 5.69 Å². The third-order valence-electron chi connectivity index (χ3n) is 4.96. The van der Waals surface area contributed by atoms with E-state index in [1.165, 1.54) is 44.9 Å². The van der Waals surface area contributed by atoms with E-state index >= 15 is 0 Å². The average molecular weight is 277 g/mol. The molecule has 1 N–H and O–H groups in total. The van der Waals surface area contributed by atoms with Crippen molar-refractivity contribution in [3.05, 3.63) is 11.9 Å². The van der Waals surface area contributed by atoms with E-state index in [9.17, 15) is 0 Å². The minimum atomic E-state index is 0.525. The van der Waals surface area contributed by atoms with E-state index in [2.05, 4.69) is 43.8 Å². The van der Waals surface area contributed by atoms with Gasteiger partial charge in [-0.15, -0.1) is 0 Å². The molecule has 20 heavy (non-hydrogen) atoms. The van der Waals surface area contributed by atoms with Crippen LogP contribution in [0.15, 0.2) is 6.20 Å². The first-order valence-electron chi connectivity index (χ1n) is 8.47. The molecule has 1 unspecified atom stereocenters. The second kappa shape index (κ2) is 7.14. The topological polar surface area (TPSA) is 29.9 Å². The molecule has 0 amide bonds. The van der Waals surface area contributed by atoms with Crippen molar-refractivity contribution >= 4 is 5.95 Å². The molecule has 1 atom stereocenters. The van der Waals surface area contributed by atoms with Crippen molar-refractivity contribution in [3.63, 3.8) is 0 Å².